The minimum absolute atomic E-state index is 0.520. The van der Waals surface area contributed by atoms with Gasteiger partial charge in [-0.3, -0.25) is 0 Å². The fourth-order valence-corrected chi connectivity index (χ4v) is 1.52. The molecule has 0 atom stereocenters. The van der Waals surface area contributed by atoms with Gasteiger partial charge in [0.05, 0.1) is 5.70 Å². The molecule has 1 aliphatic heterocycles. The lowest BCUT2D eigenvalue weighted by Gasteiger charge is -2.21. The molecule has 0 fully saturated rings. The Hall–Kier alpha value is -1.70. The quantitative estimate of drug-likeness (QED) is 0.767. The predicted octanol–water partition coefficient (Wildman–Crippen LogP) is 2.68. The van der Waals surface area contributed by atoms with Crippen LogP contribution in [0.4, 0.5) is 0 Å². The van der Waals surface area contributed by atoms with E-state index in [1.807, 2.05) is 18.2 Å². The Morgan fingerprint density at radius 3 is 2.20 bits per heavy atom. The summed E-state index contributed by atoms with van der Waals surface area (Å²) in [6.07, 6.45) is 4.24. The molecule has 0 saturated carbocycles. The van der Waals surface area contributed by atoms with Crippen LogP contribution < -0.4 is 10.9 Å². The standard InChI is InChI=1S/C13H16N2/c1-10(2)12-8-9-13(15-14-12)11-6-4-3-5-7-11/h3-10,14-15H,1-2H3. The van der Waals surface area contributed by atoms with E-state index in [0.29, 0.717) is 5.92 Å². The fraction of sp³-hybridized carbons (Fsp3) is 0.231. The van der Waals surface area contributed by atoms with Crippen LogP contribution in [-0.4, -0.2) is 0 Å². The van der Waals surface area contributed by atoms with Crippen molar-refractivity contribution in [1.29, 1.82) is 0 Å². The van der Waals surface area contributed by atoms with Gasteiger partial charge in [-0.15, -0.1) is 0 Å². The highest BCUT2D eigenvalue weighted by molar-refractivity contribution is 5.66. The maximum absolute atomic E-state index is 3.21. The van der Waals surface area contributed by atoms with Crippen molar-refractivity contribution in [2.75, 3.05) is 0 Å². The van der Waals surface area contributed by atoms with Gasteiger partial charge in [0.15, 0.2) is 0 Å². The lowest BCUT2D eigenvalue weighted by Crippen LogP contribution is -2.33. The average molecular weight is 200 g/mol. The zero-order valence-electron chi connectivity index (χ0n) is 9.12. The number of nitrogens with one attached hydrogen (secondary N) is 2. The van der Waals surface area contributed by atoms with Crippen LogP contribution in [0.1, 0.15) is 19.4 Å². The van der Waals surface area contributed by atoms with Crippen molar-refractivity contribution in [1.82, 2.24) is 10.9 Å². The van der Waals surface area contributed by atoms with Crippen molar-refractivity contribution in [3.8, 4) is 0 Å². The largest absolute Gasteiger partial charge is 0.305 e. The number of hydrogen-bond acceptors (Lipinski definition) is 2. The first-order valence-electron chi connectivity index (χ1n) is 5.26. The van der Waals surface area contributed by atoms with Crippen LogP contribution in [0.3, 0.4) is 0 Å². The molecule has 1 aromatic rings. The molecule has 0 aromatic heterocycles. The van der Waals surface area contributed by atoms with Crippen molar-refractivity contribution in [2.45, 2.75) is 13.8 Å². The second kappa shape index (κ2) is 4.22. The predicted molar refractivity (Wildman–Crippen MR) is 63.6 cm³/mol. The summed E-state index contributed by atoms with van der Waals surface area (Å²) in [7, 11) is 0. The van der Waals surface area contributed by atoms with Crippen LogP contribution in [0.5, 0.6) is 0 Å². The van der Waals surface area contributed by atoms with E-state index in [1.54, 1.807) is 0 Å². The van der Waals surface area contributed by atoms with E-state index < -0.39 is 0 Å². The Labute approximate surface area is 90.7 Å². The first-order chi connectivity index (χ1) is 7.27. The average Bonchev–Trinajstić information content (AvgIpc) is 2.30. The van der Waals surface area contributed by atoms with Crippen LogP contribution in [0.25, 0.3) is 5.70 Å². The topological polar surface area (TPSA) is 24.1 Å². The molecular formula is C13H16N2. The molecule has 1 aromatic carbocycles. The zero-order chi connectivity index (χ0) is 10.7. The van der Waals surface area contributed by atoms with Crippen LogP contribution in [0.15, 0.2) is 48.2 Å². The minimum atomic E-state index is 0.520. The van der Waals surface area contributed by atoms with Crippen molar-refractivity contribution in [3.05, 3.63) is 53.7 Å². The molecular weight excluding hydrogens is 184 g/mol. The summed E-state index contributed by atoms with van der Waals surface area (Å²) in [5, 5.41) is 0. The maximum atomic E-state index is 3.21. The molecule has 2 nitrogen and oxygen atoms in total. The van der Waals surface area contributed by atoms with Crippen LogP contribution >= 0.6 is 0 Å². The Morgan fingerprint density at radius 2 is 1.67 bits per heavy atom. The summed E-state index contributed by atoms with van der Waals surface area (Å²) >= 11 is 0. The van der Waals surface area contributed by atoms with Gasteiger partial charge < -0.3 is 10.9 Å². The highest BCUT2D eigenvalue weighted by Crippen LogP contribution is 2.16. The second-order valence-electron chi connectivity index (χ2n) is 3.97. The van der Waals surface area contributed by atoms with Gasteiger partial charge in [-0.2, -0.15) is 0 Å². The smallest absolute Gasteiger partial charge is 0.0612 e. The highest BCUT2D eigenvalue weighted by Gasteiger charge is 2.08. The number of allylic oxidation sites excluding steroid dienone is 3. The summed E-state index contributed by atoms with van der Waals surface area (Å²) in [5.41, 5.74) is 9.95. The van der Waals surface area contributed by atoms with Crippen molar-refractivity contribution in [3.63, 3.8) is 0 Å². The zero-order valence-corrected chi connectivity index (χ0v) is 9.12. The molecule has 2 N–H and O–H groups in total. The third kappa shape index (κ3) is 2.21. The Bertz CT molecular complexity index is 388. The molecule has 0 spiro atoms. The molecule has 78 valence electrons. The summed E-state index contributed by atoms with van der Waals surface area (Å²) in [6, 6.07) is 10.3. The van der Waals surface area contributed by atoms with Crippen LogP contribution in [-0.2, 0) is 0 Å². The fourth-order valence-electron chi connectivity index (χ4n) is 1.52. The molecule has 1 heterocycles. The van der Waals surface area contributed by atoms with Gasteiger partial charge >= 0.3 is 0 Å². The van der Waals surface area contributed by atoms with Gasteiger partial charge in [0, 0.05) is 5.70 Å². The molecule has 0 unspecified atom stereocenters. The van der Waals surface area contributed by atoms with Gasteiger partial charge in [0.1, 0.15) is 0 Å². The number of benzene rings is 1. The molecule has 15 heavy (non-hydrogen) atoms. The second-order valence-corrected chi connectivity index (χ2v) is 3.97. The van der Waals surface area contributed by atoms with Crippen LogP contribution in [0.2, 0.25) is 0 Å². The molecule has 2 rings (SSSR count). The van der Waals surface area contributed by atoms with Crippen molar-refractivity contribution >= 4 is 5.70 Å². The number of hydrazine groups is 1. The first kappa shape index (κ1) is 9.84. The number of rotatable bonds is 2. The van der Waals surface area contributed by atoms with Gasteiger partial charge in [0.25, 0.3) is 0 Å². The minimum Gasteiger partial charge on any atom is -0.305 e. The van der Waals surface area contributed by atoms with Gasteiger partial charge in [-0.05, 0) is 23.6 Å². The van der Waals surface area contributed by atoms with Crippen LogP contribution in [0, 0.1) is 5.92 Å². The van der Waals surface area contributed by atoms with Gasteiger partial charge in [-0.25, -0.2) is 0 Å². The SMILES string of the molecule is CC(C)C1=CC=C(c2ccccc2)NN1. The summed E-state index contributed by atoms with van der Waals surface area (Å²) in [5.74, 6) is 0.520. The third-order valence-electron chi connectivity index (χ3n) is 2.48. The van der Waals surface area contributed by atoms with E-state index in [9.17, 15) is 0 Å². The maximum Gasteiger partial charge on any atom is 0.0612 e. The van der Waals surface area contributed by atoms with Crippen molar-refractivity contribution < 1.29 is 0 Å². The molecule has 0 bridgehead atoms. The van der Waals surface area contributed by atoms with Crippen molar-refractivity contribution in [2.24, 2.45) is 5.92 Å². The summed E-state index contributed by atoms with van der Waals surface area (Å²) < 4.78 is 0. The Kier molecular flexibility index (Phi) is 2.77. The van der Waals surface area contributed by atoms with E-state index in [0.717, 1.165) is 5.70 Å². The lowest BCUT2D eigenvalue weighted by atomic mass is 10.1. The molecule has 0 saturated heterocycles. The summed E-state index contributed by atoms with van der Waals surface area (Å²) in [6.45, 7) is 4.34. The lowest BCUT2D eigenvalue weighted by molar-refractivity contribution is 0.615. The molecule has 0 aliphatic carbocycles. The van der Waals surface area contributed by atoms with Gasteiger partial charge in [0.2, 0.25) is 0 Å². The normalized spacial score (nSPS) is 15.1. The van der Waals surface area contributed by atoms with E-state index >= 15 is 0 Å². The van der Waals surface area contributed by atoms with E-state index in [-0.39, 0.29) is 0 Å². The third-order valence-corrected chi connectivity index (χ3v) is 2.48. The van der Waals surface area contributed by atoms with E-state index in [4.69, 9.17) is 0 Å². The summed E-state index contributed by atoms with van der Waals surface area (Å²) in [4.78, 5) is 0. The Morgan fingerprint density at radius 1 is 0.933 bits per heavy atom. The molecule has 2 heteroatoms. The first-order valence-corrected chi connectivity index (χ1v) is 5.26. The Balaban J connectivity index is 2.21. The molecule has 0 radical (unpaired) electrons. The van der Waals surface area contributed by atoms with Gasteiger partial charge in [-0.1, -0.05) is 44.2 Å². The number of hydrogen-bond donors (Lipinski definition) is 2. The molecule has 1 aliphatic rings. The monoisotopic (exact) mass is 200 g/mol. The van der Waals surface area contributed by atoms with E-state index in [1.165, 1.54) is 11.3 Å². The van der Waals surface area contributed by atoms with E-state index in [2.05, 4.69) is 49.0 Å². The highest BCUT2D eigenvalue weighted by atomic mass is 15.4. The molecule has 0 amide bonds.